The van der Waals surface area contributed by atoms with E-state index in [1.807, 2.05) is 7.11 Å². The molecule has 4 rings (SSSR count). The maximum atomic E-state index is 11.1. The SMILES string of the molecule is CO[C@H]1C[C@@H]2C[C@H](O)CC[C@]2(C)[C@H]2CC[C@]3(C)[C@@H](C(C)CCC(=O)O)CC[C@H]3[C@H]12. The molecule has 4 aliphatic rings. The van der Waals surface area contributed by atoms with E-state index >= 15 is 0 Å². The molecular weight excluding hydrogens is 364 g/mol. The zero-order valence-electron chi connectivity index (χ0n) is 18.9. The summed E-state index contributed by atoms with van der Waals surface area (Å²) in [6.07, 6.45) is 10.6. The van der Waals surface area contributed by atoms with Gasteiger partial charge in [0.2, 0.25) is 0 Å². The Balaban J connectivity index is 1.58. The summed E-state index contributed by atoms with van der Waals surface area (Å²) in [7, 11) is 1.90. The lowest BCUT2D eigenvalue weighted by atomic mass is 9.43. The van der Waals surface area contributed by atoms with Crippen LogP contribution < -0.4 is 0 Å². The van der Waals surface area contributed by atoms with E-state index in [0.29, 0.717) is 58.9 Å². The molecule has 0 aliphatic heterocycles. The van der Waals surface area contributed by atoms with Crippen molar-refractivity contribution in [1.29, 1.82) is 0 Å². The van der Waals surface area contributed by atoms with Crippen molar-refractivity contribution in [3.63, 3.8) is 0 Å². The zero-order chi connectivity index (χ0) is 21.0. The number of methoxy groups -OCH3 is 1. The van der Waals surface area contributed by atoms with E-state index < -0.39 is 5.97 Å². The number of carbonyl (C=O) groups is 1. The summed E-state index contributed by atoms with van der Waals surface area (Å²) < 4.78 is 6.16. The summed E-state index contributed by atoms with van der Waals surface area (Å²) in [6, 6.07) is 0. The fourth-order valence-corrected chi connectivity index (χ4v) is 8.95. The molecule has 0 aromatic heterocycles. The molecule has 10 atom stereocenters. The molecule has 4 nitrogen and oxygen atoms in total. The predicted octanol–water partition coefficient (Wildman–Crippen LogP) is 5.13. The first-order valence-corrected chi connectivity index (χ1v) is 12.1. The fraction of sp³-hybridized carbons (Fsp3) is 0.960. The van der Waals surface area contributed by atoms with Gasteiger partial charge in [0.25, 0.3) is 0 Å². The van der Waals surface area contributed by atoms with Crippen molar-refractivity contribution in [3.05, 3.63) is 0 Å². The van der Waals surface area contributed by atoms with E-state index in [1.165, 1.54) is 25.7 Å². The summed E-state index contributed by atoms with van der Waals surface area (Å²) in [4.78, 5) is 11.1. The number of rotatable bonds is 5. The minimum Gasteiger partial charge on any atom is -0.481 e. The van der Waals surface area contributed by atoms with Crippen LogP contribution in [0.15, 0.2) is 0 Å². The largest absolute Gasteiger partial charge is 0.481 e. The van der Waals surface area contributed by atoms with Gasteiger partial charge >= 0.3 is 5.97 Å². The smallest absolute Gasteiger partial charge is 0.303 e. The van der Waals surface area contributed by atoms with Crippen LogP contribution in [0.2, 0.25) is 0 Å². The average Bonchev–Trinajstić information content (AvgIpc) is 3.03. The molecule has 0 heterocycles. The number of carboxylic acids is 1. The Hall–Kier alpha value is -0.610. The molecular formula is C25H42O4. The normalized spacial score (nSPS) is 50.3. The van der Waals surface area contributed by atoms with Gasteiger partial charge in [-0.15, -0.1) is 0 Å². The number of ether oxygens (including phenoxy) is 1. The van der Waals surface area contributed by atoms with Crippen molar-refractivity contribution < 1.29 is 19.7 Å². The minimum atomic E-state index is -0.662. The Labute approximate surface area is 176 Å². The van der Waals surface area contributed by atoms with E-state index in [9.17, 15) is 9.90 Å². The van der Waals surface area contributed by atoms with Crippen molar-refractivity contribution >= 4 is 5.97 Å². The van der Waals surface area contributed by atoms with Crippen LogP contribution in [-0.4, -0.2) is 35.5 Å². The third-order valence-corrected chi connectivity index (χ3v) is 10.5. The predicted molar refractivity (Wildman–Crippen MR) is 113 cm³/mol. The number of aliphatic hydroxyl groups is 1. The van der Waals surface area contributed by atoms with Gasteiger partial charge in [-0.25, -0.2) is 0 Å². The number of hydrogen-bond acceptors (Lipinski definition) is 3. The summed E-state index contributed by atoms with van der Waals surface area (Å²) in [5, 5.41) is 19.5. The molecule has 166 valence electrons. The van der Waals surface area contributed by atoms with E-state index in [1.54, 1.807) is 0 Å². The molecule has 2 N–H and O–H groups in total. The zero-order valence-corrected chi connectivity index (χ0v) is 18.9. The average molecular weight is 407 g/mol. The number of fused-ring (bicyclic) bond motifs is 5. The highest BCUT2D eigenvalue weighted by atomic mass is 16.5. The summed E-state index contributed by atoms with van der Waals surface area (Å²) in [5.41, 5.74) is 0.681. The molecule has 4 heteroatoms. The maximum absolute atomic E-state index is 11.1. The second kappa shape index (κ2) is 7.82. The monoisotopic (exact) mass is 406 g/mol. The van der Waals surface area contributed by atoms with Crippen LogP contribution in [0.3, 0.4) is 0 Å². The molecule has 4 aliphatic carbocycles. The summed E-state index contributed by atoms with van der Waals surface area (Å²) in [6.45, 7) is 7.34. The molecule has 29 heavy (non-hydrogen) atoms. The first-order valence-electron chi connectivity index (χ1n) is 12.1. The molecule has 0 amide bonds. The van der Waals surface area contributed by atoms with Crippen LogP contribution in [0.25, 0.3) is 0 Å². The van der Waals surface area contributed by atoms with Crippen LogP contribution >= 0.6 is 0 Å². The molecule has 0 aromatic carbocycles. The van der Waals surface area contributed by atoms with E-state index in [4.69, 9.17) is 9.84 Å². The highest BCUT2D eigenvalue weighted by Gasteiger charge is 2.63. The third kappa shape index (κ3) is 3.46. The van der Waals surface area contributed by atoms with Gasteiger partial charge in [-0.3, -0.25) is 4.79 Å². The highest BCUT2D eigenvalue weighted by molar-refractivity contribution is 5.66. The van der Waals surface area contributed by atoms with E-state index in [-0.39, 0.29) is 6.10 Å². The van der Waals surface area contributed by atoms with Gasteiger partial charge in [0.05, 0.1) is 12.2 Å². The second-order valence-corrected chi connectivity index (χ2v) is 11.6. The van der Waals surface area contributed by atoms with Crippen LogP contribution in [0.4, 0.5) is 0 Å². The maximum Gasteiger partial charge on any atom is 0.303 e. The number of aliphatic carboxylic acids is 1. The van der Waals surface area contributed by atoms with Crippen molar-refractivity contribution in [2.75, 3.05) is 7.11 Å². The Morgan fingerprint density at radius 3 is 2.45 bits per heavy atom. The van der Waals surface area contributed by atoms with Gasteiger partial charge in [-0.1, -0.05) is 20.8 Å². The lowest BCUT2D eigenvalue weighted by molar-refractivity contribution is -0.181. The van der Waals surface area contributed by atoms with Gasteiger partial charge in [0.1, 0.15) is 0 Å². The van der Waals surface area contributed by atoms with Crippen LogP contribution in [0.1, 0.15) is 85.0 Å². The molecule has 0 bridgehead atoms. The van der Waals surface area contributed by atoms with Crippen molar-refractivity contribution in [2.24, 2.45) is 46.3 Å². The molecule has 0 spiro atoms. The quantitative estimate of drug-likeness (QED) is 0.664. The van der Waals surface area contributed by atoms with Crippen molar-refractivity contribution in [3.8, 4) is 0 Å². The minimum absolute atomic E-state index is 0.123. The second-order valence-electron chi connectivity index (χ2n) is 11.6. The van der Waals surface area contributed by atoms with E-state index in [2.05, 4.69) is 20.8 Å². The lowest BCUT2D eigenvalue weighted by Gasteiger charge is -2.63. The lowest BCUT2D eigenvalue weighted by Crippen LogP contribution is -2.59. The third-order valence-electron chi connectivity index (χ3n) is 10.5. The van der Waals surface area contributed by atoms with Gasteiger partial charge in [-0.2, -0.15) is 0 Å². The topological polar surface area (TPSA) is 66.8 Å². The summed E-state index contributed by atoms with van der Waals surface area (Å²) in [5.74, 6) is 3.10. The van der Waals surface area contributed by atoms with Gasteiger partial charge < -0.3 is 14.9 Å². The van der Waals surface area contributed by atoms with Crippen LogP contribution in [0, 0.1) is 46.3 Å². The Morgan fingerprint density at radius 2 is 1.76 bits per heavy atom. The van der Waals surface area contributed by atoms with Crippen LogP contribution in [0.5, 0.6) is 0 Å². The number of aliphatic hydroxyl groups excluding tert-OH is 1. The van der Waals surface area contributed by atoms with E-state index in [0.717, 1.165) is 32.1 Å². The first kappa shape index (κ1) is 21.6. The Morgan fingerprint density at radius 1 is 1.07 bits per heavy atom. The summed E-state index contributed by atoms with van der Waals surface area (Å²) >= 11 is 0. The first-order chi connectivity index (χ1) is 13.7. The number of carboxylic acid groups (broad SMARTS) is 1. The fourth-order valence-electron chi connectivity index (χ4n) is 8.95. The Bertz CT molecular complexity index is 620. The molecule has 0 aromatic rings. The van der Waals surface area contributed by atoms with Crippen LogP contribution in [-0.2, 0) is 9.53 Å². The standard InChI is InChI=1S/C25H42O4/c1-15(5-8-22(27)28)18-6-7-19-23-20(10-12-25(18,19)3)24(2)11-9-17(26)13-16(24)14-21(23)29-4/h15-21,23,26H,5-14H2,1-4H3,(H,27,28)/t15?,16-,17+,18+,19-,20-,21-,23-,24-,25+/m0/s1. The van der Waals surface area contributed by atoms with Crippen molar-refractivity contribution in [2.45, 2.75) is 97.2 Å². The molecule has 0 radical (unpaired) electrons. The molecule has 1 unspecified atom stereocenters. The molecule has 4 saturated carbocycles. The van der Waals surface area contributed by atoms with Gasteiger partial charge in [-0.05, 0) is 104 Å². The highest BCUT2D eigenvalue weighted by Crippen LogP contribution is 2.68. The molecule has 0 saturated heterocycles. The Kier molecular flexibility index (Phi) is 5.83. The number of hydrogen-bond donors (Lipinski definition) is 2. The molecule has 4 fully saturated rings. The van der Waals surface area contributed by atoms with Gasteiger partial charge in [0.15, 0.2) is 0 Å². The van der Waals surface area contributed by atoms with Crippen molar-refractivity contribution in [1.82, 2.24) is 0 Å². The van der Waals surface area contributed by atoms with Gasteiger partial charge in [0, 0.05) is 13.5 Å².